The third kappa shape index (κ3) is 2.92. The number of halogens is 1. The molecule has 2 nitrogen and oxygen atoms in total. The molecule has 102 valence electrons. The van der Waals surface area contributed by atoms with Crippen molar-refractivity contribution in [3.63, 3.8) is 0 Å². The summed E-state index contributed by atoms with van der Waals surface area (Å²) in [6, 6.07) is 14.9. The van der Waals surface area contributed by atoms with Gasteiger partial charge >= 0.3 is 0 Å². The summed E-state index contributed by atoms with van der Waals surface area (Å²) in [6.07, 6.45) is 1.30. The van der Waals surface area contributed by atoms with Crippen molar-refractivity contribution in [2.45, 2.75) is 13.0 Å². The van der Waals surface area contributed by atoms with Crippen molar-refractivity contribution >= 4 is 17.4 Å². The van der Waals surface area contributed by atoms with Crippen LogP contribution >= 0.6 is 11.6 Å². The summed E-state index contributed by atoms with van der Waals surface area (Å²) in [6.45, 7) is 3.35. The van der Waals surface area contributed by atoms with Crippen molar-refractivity contribution in [2.24, 2.45) is 0 Å². The molecule has 0 atom stereocenters. The number of hydrogen-bond donors (Lipinski definition) is 0. The van der Waals surface area contributed by atoms with Gasteiger partial charge in [0.15, 0.2) is 5.78 Å². The molecule has 1 aliphatic heterocycles. The Bertz CT molecular complexity index is 600. The molecular weight excluding hydrogens is 270 g/mol. The number of nitrogens with zero attached hydrogens (tertiary/aromatic N) is 1. The Morgan fingerprint density at radius 3 is 2.00 bits per heavy atom. The Morgan fingerprint density at radius 1 is 0.950 bits per heavy atom. The van der Waals surface area contributed by atoms with E-state index in [1.54, 1.807) is 24.3 Å². The van der Waals surface area contributed by atoms with E-state index in [0.717, 1.165) is 12.1 Å². The molecule has 0 aliphatic carbocycles. The Labute approximate surface area is 124 Å². The second kappa shape index (κ2) is 5.78. The fraction of sp³-hybridized carbons (Fsp3) is 0.235. The molecule has 0 radical (unpaired) electrons. The van der Waals surface area contributed by atoms with Gasteiger partial charge in [-0.25, -0.2) is 0 Å². The summed E-state index contributed by atoms with van der Waals surface area (Å²) in [7, 11) is 0. The van der Waals surface area contributed by atoms with Crippen LogP contribution in [-0.4, -0.2) is 23.8 Å². The first kappa shape index (κ1) is 13.3. The van der Waals surface area contributed by atoms with E-state index in [1.807, 2.05) is 24.3 Å². The molecule has 3 heteroatoms. The maximum atomic E-state index is 12.3. The van der Waals surface area contributed by atoms with Gasteiger partial charge in [-0.3, -0.25) is 9.69 Å². The number of likely N-dealkylation sites (tertiary alicyclic amines) is 1. The first-order chi connectivity index (χ1) is 9.72. The molecule has 0 spiro atoms. The maximum Gasteiger partial charge on any atom is 0.193 e. The summed E-state index contributed by atoms with van der Waals surface area (Å²) in [5.41, 5.74) is 2.65. The predicted molar refractivity (Wildman–Crippen MR) is 81.2 cm³/mol. The fourth-order valence-corrected chi connectivity index (χ4v) is 2.45. The molecule has 0 aromatic heterocycles. The van der Waals surface area contributed by atoms with Crippen molar-refractivity contribution in [2.75, 3.05) is 13.1 Å². The van der Waals surface area contributed by atoms with Crippen LogP contribution in [0.3, 0.4) is 0 Å². The van der Waals surface area contributed by atoms with Gasteiger partial charge in [0, 0.05) is 22.7 Å². The monoisotopic (exact) mass is 285 g/mol. The highest BCUT2D eigenvalue weighted by Gasteiger charge is 2.14. The zero-order chi connectivity index (χ0) is 13.9. The first-order valence-electron chi connectivity index (χ1n) is 6.84. The Morgan fingerprint density at radius 2 is 1.50 bits per heavy atom. The summed E-state index contributed by atoms with van der Waals surface area (Å²) in [5.74, 6) is 0.0390. The van der Waals surface area contributed by atoms with E-state index in [-0.39, 0.29) is 5.78 Å². The average Bonchev–Trinajstić information content (AvgIpc) is 2.44. The molecular formula is C17H16ClNO. The molecule has 0 bridgehead atoms. The maximum absolute atomic E-state index is 12.3. The van der Waals surface area contributed by atoms with Gasteiger partial charge in [0.1, 0.15) is 0 Å². The molecule has 1 fully saturated rings. The summed E-state index contributed by atoms with van der Waals surface area (Å²) in [4.78, 5) is 14.7. The number of ketones is 1. The van der Waals surface area contributed by atoms with Gasteiger partial charge in [-0.1, -0.05) is 35.9 Å². The summed E-state index contributed by atoms with van der Waals surface area (Å²) >= 11 is 5.83. The van der Waals surface area contributed by atoms with Crippen LogP contribution in [0, 0.1) is 0 Å². The van der Waals surface area contributed by atoms with E-state index in [0.29, 0.717) is 10.6 Å². The molecule has 0 unspecified atom stereocenters. The third-order valence-corrected chi connectivity index (χ3v) is 3.93. The summed E-state index contributed by atoms with van der Waals surface area (Å²) in [5, 5.41) is 0.645. The van der Waals surface area contributed by atoms with E-state index in [4.69, 9.17) is 11.6 Å². The van der Waals surface area contributed by atoms with Gasteiger partial charge in [-0.05, 0) is 49.3 Å². The van der Waals surface area contributed by atoms with E-state index in [2.05, 4.69) is 4.90 Å². The van der Waals surface area contributed by atoms with Crippen molar-refractivity contribution in [3.05, 3.63) is 70.2 Å². The SMILES string of the molecule is O=C(c1ccc(Cl)cc1)c1ccc(CN2CCC2)cc1. The van der Waals surface area contributed by atoms with Crippen LogP contribution < -0.4 is 0 Å². The fourth-order valence-electron chi connectivity index (χ4n) is 2.33. The molecule has 0 N–H and O–H groups in total. The van der Waals surface area contributed by atoms with Gasteiger partial charge < -0.3 is 0 Å². The minimum absolute atomic E-state index is 0.0390. The number of carbonyl (C=O) groups is 1. The molecule has 3 rings (SSSR count). The summed E-state index contributed by atoms with van der Waals surface area (Å²) < 4.78 is 0. The normalized spacial score (nSPS) is 14.8. The minimum Gasteiger partial charge on any atom is -0.299 e. The Balaban J connectivity index is 1.73. The molecule has 1 saturated heterocycles. The van der Waals surface area contributed by atoms with Gasteiger partial charge in [0.25, 0.3) is 0 Å². The first-order valence-corrected chi connectivity index (χ1v) is 7.22. The topological polar surface area (TPSA) is 20.3 Å². The number of carbonyl (C=O) groups excluding carboxylic acids is 1. The lowest BCUT2D eigenvalue weighted by molar-refractivity contribution is 0.103. The van der Waals surface area contributed by atoms with Crippen LogP contribution in [0.1, 0.15) is 27.9 Å². The van der Waals surface area contributed by atoms with Gasteiger partial charge in [0.2, 0.25) is 0 Å². The molecule has 1 aliphatic rings. The van der Waals surface area contributed by atoms with E-state index in [9.17, 15) is 4.79 Å². The van der Waals surface area contributed by atoms with Crippen LogP contribution in [0.25, 0.3) is 0 Å². The number of benzene rings is 2. The van der Waals surface area contributed by atoms with Crippen LogP contribution in [0.15, 0.2) is 48.5 Å². The molecule has 1 heterocycles. The van der Waals surface area contributed by atoms with Crippen LogP contribution in [0.4, 0.5) is 0 Å². The smallest absolute Gasteiger partial charge is 0.193 e. The van der Waals surface area contributed by atoms with Gasteiger partial charge in [0.05, 0.1) is 0 Å². The van der Waals surface area contributed by atoms with Crippen molar-refractivity contribution in [3.8, 4) is 0 Å². The standard InChI is InChI=1S/C17H16ClNO/c18-16-8-6-15(7-9-16)17(20)14-4-2-13(3-5-14)12-19-10-1-11-19/h2-9H,1,10-12H2. The highest BCUT2D eigenvalue weighted by molar-refractivity contribution is 6.30. The van der Waals surface area contributed by atoms with Crippen molar-refractivity contribution in [1.29, 1.82) is 0 Å². The van der Waals surface area contributed by atoms with Gasteiger partial charge in [-0.15, -0.1) is 0 Å². The lowest BCUT2D eigenvalue weighted by atomic mass is 10.0. The lowest BCUT2D eigenvalue weighted by Gasteiger charge is -2.30. The van der Waals surface area contributed by atoms with Crippen LogP contribution in [0.5, 0.6) is 0 Å². The predicted octanol–water partition coefficient (Wildman–Crippen LogP) is 3.78. The Kier molecular flexibility index (Phi) is 3.86. The molecule has 2 aromatic rings. The molecule has 2 aromatic carbocycles. The van der Waals surface area contributed by atoms with Crippen molar-refractivity contribution < 1.29 is 4.79 Å². The lowest BCUT2D eigenvalue weighted by Crippen LogP contribution is -2.36. The molecule has 0 amide bonds. The largest absolute Gasteiger partial charge is 0.299 e. The Hall–Kier alpha value is -1.64. The van der Waals surface area contributed by atoms with E-state index < -0.39 is 0 Å². The zero-order valence-electron chi connectivity index (χ0n) is 11.2. The minimum atomic E-state index is 0.0390. The number of rotatable bonds is 4. The second-order valence-corrected chi connectivity index (χ2v) is 5.60. The van der Waals surface area contributed by atoms with Crippen LogP contribution in [-0.2, 0) is 6.54 Å². The third-order valence-electron chi connectivity index (χ3n) is 3.68. The van der Waals surface area contributed by atoms with E-state index >= 15 is 0 Å². The van der Waals surface area contributed by atoms with Crippen molar-refractivity contribution in [1.82, 2.24) is 4.90 Å². The molecule has 0 saturated carbocycles. The zero-order valence-corrected chi connectivity index (χ0v) is 11.9. The van der Waals surface area contributed by atoms with E-state index in [1.165, 1.54) is 25.1 Å². The highest BCUT2D eigenvalue weighted by Crippen LogP contribution is 2.16. The average molecular weight is 286 g/mol. The van der Waals surface area contributed by atoms with Gasteiger partial charge in [-0.2, -0.15) is 0 Å². The highest BCUT2D eigenvalue weighted by atomic mass is 35.5. The molecule has 20 heavy (non-hydrogen) atoms. The van der Waals surface area contributed by atoms with Crippen LogP contribution in [0.2, 0.25) is 5.02 Å². The second-order valence-electron chi connectivity index (χ2n) is 5.16. The quantitative estimate of drug-likeness (QED) is 0.797. The number of hydrogen-bond acceptors (Lipinski definition) is 2.